The molecule has 0 saturated carbocycles. The van der Waals surface area contributed by atoms with Gasteiger partial charge in [0.2, 0.25) is 0 Å². The Bertz CT molecular complexity index is 207. The van der Waals surface area contributed by atoms with Crippen molar-refractivity contribution in [3.8, 4) is 0 Å². The molecule has 0 aliphatic heterocycles. The topological polar surface area (TPSA) is 26.0 Å². The fourth-order valence-corrected chi connectivity index (χ4v) is 1.40. The maximum atomic E-state index is 5.19. The average Bonchev–Trinajstić information content (AvgIpc) is 2.10. The van der Waals surface area contributed by atoms with E-state index in [4.69, 9.17) is 4.42 Å². The van der Waals surface area contributed by atoms with Gasteiger partial charge in [0.05, 0.1) is 5.69 Å². The molecule has 0 amide bonds. The maximum absolute atomic E-state index is 5.19. The van der Waals surface area contributed by atoms with Gasteiger partial charge in [0, 0.05) is 11.4 Å². The van der Waals surface area contributed by atoms with E-state index in [-0.39, 0.29) is 0 Å². The monoisotopic (exact) mass is 237 g/mol. The molecule has 1 heterocycles. The van der Waals surface area contributed by atoms with Gasteiger partial charge in [-0.3, -0.25) is 0 Å². The van der Waals surface area contributed by atoms with E-state index in [1.807, 2.05) is 13.8 Å². The third-order valence-electron chi connectivity index (χ3n) is 1.13. The molecule has 2 nitrogen and oxygen atoms in total. The summed E-state index contributed by atoms with van der Waals surface area (Å²) >= 11 is 2.27. The van der Waals surface area contributed by atoms with Crippen molar-refractivity contribution in [2.24, 2.45) is 0 Å². The van der Waals surface area contributed by atoms with Crippen LogP contribution in [0, 0.1) is 13.8 Å². The lowest BCUT2D eigenvalue weighted by Gasteiger charge is -1.82. The summed E-state index contributed by atoms with van der Waals surface area (Å²) in [5, 5.41) is 0. The van der Waals surface area contributed by atoms with Crippen molar-refractivity contribution in [3.05, 3.63) is 17.3 Å². The van der Waals surface area contributed by atoms with Crippen LogP contribution in [0.4, 0.5) is 0 Å². The second-order valence-corrected chi connectivity index (χ2v) is 2.63. The second-order valence-electron chi connectivity index (χ2n) is 1.87. The number of aryl methyl sites for hydroxylation is 2. The lowest BCUT2D eigenvalue weighted by atomic mass is 10.4. The number of nitrogens with zero attached hydrogens (tertiary/aromatic N) is 1. The Labute approximate surface area is 67.8 Å². The van der Waals surface area contributed by atoms with Crippen LogP contribution in [-0.4, -0.2) is 4.98 Å². The van der Waals surface area contributed by atoms with Crippen molar-refractivity contribution in [2.45, 2.75) is 18.3 Å². The van der Waals surface area contributed by atoms with Crippen LogP contribution in [-0.2, 0) is 4.43 Å². The van der Waals surface area contributed by atoms with Gasteiger partial charge in [-0.1, -0.05) is 22.6 Å². The van der Waals surface area contributed by atoms with E-state index in [1.54, 1.807) is 0 Å². The molecule has 0 N–H and O–H groups in total. The van der Waals surface area contributed by atoms with Gasteiger partial charge in [0.15, 0.2) is 5.89 Å². The Kier molecular flexibility index (Phi) is 2.10. The number of alkyl halides is 1. The van der Waals surface area contributed by atoms with Gasteiger partial charge in [-0.25, -0.2) is 4.98 Å². The number of oxazole rings is 1. The zero-order valence-electron chi connectivity index (χ0n) is 5.44. The number of hydrogen-bond donors (Lipinski definition) is 0. The van der Waals surface area contributed by atoms with Crippen LogP contribution in [0.15, 0.2) is 4.42 Å². The molecule has 3 heteroatoms. The molecule has 1 aromatic heterocycles. The Morgan fingerprint density at radius 3 is 2.44 bits per heavy atom. The van der Waals surface area contributed by atoms with E-state index in [0.717, 1.165) is 21.8 Å². The molecule has 0 atom stereocenters. The summed E-state index contributed by atoms with van der Waals surface area (Å²) in [4.78, 5) is 4.15. The Balaban J connectivity index is 3.01. The van der Waals surface area contributed by atoms with E-state index in [1.165, 1.54) is 0 Å². The molecule has 0 aliphatic rings. The molecule has 0 fully saturated rings. The smallest absolute Gasteiger partial charge is 0.191 e. The summed E-state index contributed by atoms with van der Waals surface area (Å²) in [5.74, 6) is 1.71. The Morgan fingerprint density at radius 2 is 2.22 bits per heavy atom. The molecule has 50 valence electrons. The first kappa shape index (κ1) is 7.05. The summed E-state index contributed by atoms with van der Waals surface area (Å²) in [6, 6.07) is 0. The van der Waals surface area contributed by atoms with E-state index < -0.39 is 0 Å². The highest BCUT2D eigenvalue weighted by atomic mass is 127. The summed E-state index contributed by atoms with van der Waals surface area (Å²) in [6.45, 7) is 3.80. The largest absolute Gasteiger partial charge is 0.446 e. The first-order chi connectivity index (χ1) is 4.24. The van der Waals surface area contributed by atoms with E-state index in [0.29, 0.717) is 0 Å². The summed E-state index contributed by atoms with van der Waals surface area (Å²) in [5.41, 5.74) is 1.06. The molecule has 0 unspecified atom stereocenters. The molecule has 0 aliphatic carbocycles. The lowest BCUT2D eigenvalue weighted by Crippen LogP contribution is -1.78. The third kappa shape index (κ3) is 1.44. The minimum Gasteiger partial charge on any atom is -0.446 e. The van der Waals surface area contributed by atoms with Crippen LogP contribution < -0.4 is 0 Å². The minimum absolute atomic E-state index is 0.763. The number of halogens is 1. The molecular weight excluding hydrogens is 229 g/mol. The van der Waals surface area contributed by atoms with Gasteiger partial charge in [-0.15, -0.1) is 0 Å². The highest BCUT2D eigenvalue weighted by Crippen LogP contribution is 2.11. The van der Waals surface area contributed by atoms with Gasteiger partial charge in [-0.2, -0.15) is 0 Å². The van der Waals surface area contributed by atoms with E-state index in [2.05, 4.69) is 27.6 Å². The zero-order chi connectivity index (χ0) is 6.85. The molecule has 1 rings (SSSR count). The van der Waals surface area contributed by atoms with Crippen molar-refractivity contribution in [1.29, 1.82) is 0 Å². The lowest BCUT2D eigenvalue weighted by molar-refractivity contribution is 0.493. The molecule has 0 radical (unpaired) electrons. The van der Waals surface area contributed by atoms with Crippen molar-refractivity contribution in [2.75, 3.05) is 0 Å². The molecule has 9 heavy (non-hydrogen) atoms. The van der Waals surface area contributed by atoms with Crippen LogP contribution in [0.2, 0.25) is 0 Å². The second kappa shape index (κ2) is 2.68. The molecular formula is C6H8INO. The molecule has 0 aromatic carbocycles. The first-order valence-electron chi connectivity index (χ1n) is 2.73. The maximum Gasteiger partial charge on any atom is 0.191 e. The molecule has 0 spiro atoms. The predicted octanol–water partition coefficient (Wildman–Crippen LogP) is 2.23. The molecule has 1 aromatic rings. The summed E-state index contributed by atoms with van der Waals surface area (Å²) < 4.78 is 6.12. The van der Waals surface area contributed by atoms with Gasteiger partial charge < -0.3 is 4.42 Å². The fourth-order valence-electron chi connectivity index (χ4n) is 0.696. The fraction of sp³-hybridized carbons (Fsp3) is 0.500. The molecule has 0 bridgehead atoms. The van der Waals surface area contributed by atoms with Crippen LogP contribution >= 0.6 is 22.6 Å². The van der Waals surface area contributed by atoms with Crippen molar-refractivity contribution in [1.82, 2.24) is 4.98 Å². The van der Waals surface area contributed by atoms with Gasteiger partial charge >= 0.3 is 0 Å². The van der Waals surface area contributed by atoms with Crippen LogP contribution in [0.3, 0.4) is 0 Å². The number of hydrogen-bond acceptors (Lipinski definition) is 2. The predicted molar refractivity (Wildman–Crippen MR) is 43.7 cm³/mol. The van der Waals surface area contributed by atoms with Crippen molar-refractivity contribution in [3.63, 3.8) is 0 Å². The zero-order valence-corrected chi connectivity index (χ0v) is 7.60. The highest BCUT2D eigenvalue weighted by molar-refractivity contribution is 14.1. The SMILES string of the molecule is Cc1nc(CI)c(C)o1. The van der Waals surface area contributed by atoms with Crippen molar-refractivity contribution >= 4 is 22.6 Å². The van der Waals surface area contributed by atoms with Crippen molar-refractivity contribution < 1.29 is 4.42 Å². The minimum atomic E-state index is 0.763. The van der Waals surface area contributed by atoms with E-state index >= 15 is 0 Å². The highest BCUT2D eigenvalue weighted by Gasteiger charge is 2.02. The Morgan fingerprint density at radius 1 is 1.56 bits per heavy atom. The number of rotatable bonds is 1. The normalized spacial score (nSPS) is 10.1. The standard InChI is InChI=1S/C6H8INO/c1-4-6(3-7)8-5(2)9-4/h3H2,1-2H3. The summed E-state index contributed by atoms with van der Waals surface area (Å²) in [7, 11) is 0. The van der Waals surface area contributed by atoms with Gasteiger partial charge in [0.25, 0.3) is 0 Å². The first-order valence-corrected chi connectivity index (χ1v) is 4.25. The van der Waals surface area contributed by atoms with Crippen LogP contribution in [0.25, 0.3) is 0 Å². The summed E-state index contributed by atoms with van der Waals surface area (Å²) in [6.07, 6.45) is 0. The quantitative estimate of drug-likeness (QED) is 0.552. The average molecular weight is 237 g/mol. The number of aromatic nitrogens is 1. The molecule has 0 saturated heterocycles. The van der Waals surface area contributed by atoms with Crippen LogP contribution in [0.5, 0.6) is 0 Å². The van der Waals surface area contributed by atoms with Gasteiger partial charge in [0.1, 0.15) is 5.76 Å². The van der Waals surface area contributed by atoms with Crippen LogP contribution in [0.1, 0.15) is 17.3 Å². The van der Waals surface area contributed by atoms with Gasteiger partial charge in [-0.05, 0) is 6.92 Å². The Hall–Kier alpha value is -0.0600. The van der Waals surface area contributed by atoms with E-state index in [9.17, 15) is 0 Å². The third-order valence-corrected chi connectivity index (χ3v) is 1.85.